The van der Waals surface area contributed by atoms with E-state index in [0.29, 0.717) is 5.16 Å². The number of rotatable bonds is 3. The maximum Gasteiger partial charge on any atom is 0.337 e. The number of hydrogen-bond donors (Lipinski definition) is 2. The molecule has 0 atom stereocenters. The summed E-state index contributed by atoms with van der Waals surface area (Å²) in [6.45, 7) is 0. The molecule has 0 aliphatic heterocycles. The lowest BCUT2D eigenvalue weighted by Gasteiger charge is -2.06. The van der Waals surface area contributed by atoms with Crippen LogP contribution in [-0.4, -0.2) is 25.8 Å². The first-order chi connectivity index (χ1) is 8.49. The van der Waals surface area contributed by atoms with Crippen LogP contribution < -0.4 is 5.73 Å². The van der Waals surface area contributed by atoms with Crippen LogP contribution in [0.2, 0.25) is 0 Å². The van der Waals surface area contributed by atoms with Gasteiger partial charge < -0.3 is 15.4 Å². The highest BCUT2D eigenvalue weighted by atomic mass is 32.2. The van der Waals surface area contributed by atoms with E-state index in [2.05, 4.69) is 10.2 Å². The van der Waals surface area contributed by atoms with Gasteiger partial charge in [-0.05, 0) is 23.9 Å². The summed E-state index contributed by atoms with van der Waals surface area (Å²) in [5, 5.41) is 16.8. The Morgan fingerprint density at radius 1 is 1.56 bits per heavy atom. The normalized spacial score (nSPS) is 10.6. The quantitative estimate of drug-likeness (QED) is 0.817. The summed E-state index contributed by atoms with van der Waals surface area (Å²) < 4.78 is 15.3. The molecular formula is C10H9FN4O2S. The molecule has 0 spiro atoms. The number of carbonyl (C=O) groups is 1. The van der Waals surface area contributed by atoms with Crippen molar-refractivity contribution in [1.29, 1.82) is 0 Å². The first-order valence-electron chi connectivity index (χ1n) is 4.83. The zero-order valence-electron chi connectivity index (χ0n) is 9.29. The molecule has 1 aromatic carbocycles. The fourth-order valence-corrected chi connectivity index (χ4v) is 2.10. The van der Waals surface area contributed by atoms with E-state index in [0.717, 1.165) is 17.8 Å². The summed E-state index contributed by atoms with van der Waals surface area (Å²) in [4.78, 5) is 11.0. The van der Waals surface area contributed by atoms with E-state index in [9.17, 15) is 9.18 Å². The van der Waals surface area contributed by atoms with Gasteiger partial charge >= 0.3 is 5.97 Å². The number of nitrogen functional groups attached to an aromatic ring is 1. The van der Waals surface area contributed by atoms with E-state index in [-0.39, 0.29) is 16.1 Å². The number of aromatic carboxylic acids is 1. The zero-order chi connectivity index (χ0) is 13.3. The molecular weight excluding hydrogens is 259 g/mol. The van der Waals surface area contributed by atoms with Gasteiger partial charge in [-0.25, -0.2) is 9.18 Å². The average Bonchev–Trinajstić information content (AvgIpc) is 2.67. The maximum atomic E-state index is 13.7. The molecule has 0 unspecified atom stereocenters. The van der Waals surface area contributed by atoms with Crippen molar-refractivity contribution in [1.82, 2.24) is 14.8 Å². The van der Waals surface area contributed by atoms with Crippen LogP contribution in [0.4, 0.5) is 10.1 Å². The van der Waals surface area contributed by atoms with Gasteiger partial charge in [0.05, 0.1) is 10.5 Å². The third-order valence-corrected chi connectivity index (χ3v) is 3.29. The molecule has 0 radical (unpaired) electrons. The number of aryl methyl sites for hydroxylation is 1. The first-order valence-corrected chi connectivity index (χ1v) is 5.65. The highest BCUT2D eigenvalue weighted by Crippen LogP contribution is 2.30. The Kier molecular flexibility index (Phi) is 3.19. The second kappa shape index (κ2) is 4.65. The lowest BCUT2D eigenvalue weighted by Crippen LogP contribution is -2.04. The van der Waals surface area contributed by atoms with E-state index in [1.165, 1.54) is 12.4 Å². The molecule has 1 aromatic heterocycles. The number of nitrogens with zero attached hydrogens (tertiary/aromatic N) is 3. The minimum absolute atomic E-state index is 0.109. The smallest absolute Gasteiger partial charge is 0.337 e. The molecule has 94 valence electrons. The van der Waals surface area contributed by atoms with Crippen molar-refractivity contribution in [3.63, 3.8) is 0 Å². The standard InChI is InChI=1S/C10H9FN4O2S/c1-15-4-13-14-10(15)18-8-2-5(9(16)17)7(12)3-6(8)11/h2-4H,12H2,1H3,(H,16,17). The van der Waals surface area contributed by atoms with E-state index >= 15 is 0 Å². The molecule has 0 saturated heterocycles. The van der Waals surface area contributed by atoms with Crippen LogP contribution in [0.1, 0.15) is 10.4 Å². The minimum Gasteiger partial charge on any atom is -0.478 e. The van der Waals surface area contributed by atoms with Crippen LogP contribution in [0.5, 0.6) is 0 Å². The predicted molar refractivity (Wildman–Crippen MR) is 62.9 cm³/mol. The second-order valence-corrected chi connectivity index (χ2v) is 4.51. The van der Waals surface area contributed by atoms with Gasteiger partial charge in [0.2, 0.25) is 0 Å². The van der Waals surface area contributed by atoms with Crippen LogP contribution in [0, 0.1) is 5.82 Å². The largest absolute Gasteiger partial charge is 0.478 e. The zero-order valence-corrected chi connectivity index (χ0v) is 10.1. The van der Waals surface area contributed by atoms with Gasteiger partial charge in [0.1, 0.15) is 12.1 Å². The van der Waals surface area contributed by atoms with Gasteiger partial charge in [-0.3, -0.25) is 0 Å². The summed E-state index contributed by atoms with van der Waals surface area (Å²) in [5.41, 5.74) is 5.18. The maximum absolute atomic E-state index is 13.7. The fraction of sp³-hybridized carbons (Fsp3) is 0.100. The Balaban J connectivity index is 2.42. The van der Waals surface area contributed by atoms with Crippen molar-refractivity contribution in [2.24, 2.45) is 7.05 Å². The highest BCUT2D eigenvalue weighted by molar-refractivity contribution is 7.99. The van der Waals surface area contributed by atoms with E-state index in [1.807, 2.05) is 0 Å². The first kappa shape index (κ1) is 12.4. The molecule has 0 amide bonds. The Bertz CT molecular complexity index is 614. The summed E-state index contributed by atoms with van der Waals surface area (Å²) >= 11 is 0.983. The van der Waals surface area contributed by atoms with Crippen LogP contribution in [0.15, 0.2) is 28.5 Å². The lowest BCUT2D eigenvalue weighted by atomic mass is 10.2. The van der Waals surface area contributed by atoms with Crippen molar-refractivity contribution >= 4 is 23.4 Å². The molecule has 1 heterocycles. The summed E-state index contributed by atoms with van der Waals surface area (Å²) in [6.07, 6.45) is 1.47. The molecule has 0 aliphatic rings. The Morgan fingerprint density at radius 2 is 2.28 bits per heavy atom. The van der Waals surface area contributed by atoms with Gasteiger partial charge in [0.15, 0.2) is 5.16 Å². The van der Waals surface area contributed by atoms with Crippen molar-refractivity contribution in [2.45, 2.75) is 10.1 Å². The van der Waals surface area contributed by atoms with Crippen molar-refractivity contribution in [2.75, 3.05) is 5.73 Å². The topological polar surface area (TPSA) is 94.0 Å². The number of hydrogen-bond acceptors (Lipinski definition) is 5. The minimum atomic E-state index is -1.20. The van der Waals surface area contributed by atoms with E-state index in [4.69, 9.17) is 10.8 Å². The molecule has 2 aromatic rings. The van der Waals surface area contributed by atoms with E-state index < -0.39 is 11.8 Å². The number of halogens is 1. The third kappa shape index (κ3) is 2.28. The predicted octanol–water partition coefficient (Wildman–Crippen LogP) is 1.39. The lowest BCUT2D eigenvalue weighted by molar-refractivity contribution is 0.0697. The molecule has 6 nitrogen and oxygen atoms in total. The second-order valence-electron chi connectivity index (χ2n) is 3.50. The van der Waals surface area contributed by atoms with Crippen LogP contribution in [0.3, 0.4) is 0 Å². The SMILES string of the molecule is Cn1cnnc1Sc1cc(C(=O)O)c(N)cc1F. The van der Waals surface area contributed by atoms with E-state index in [1.54, 1.807) is 11.6 Å². The molecule has 0 saturated carbocycles. The van der Waals surface area contributed by atoms with Crippen molar-refractivity contribution in [3.8, 4) is 0 Å². The molecule has 0 fully saturated rings. The van der Waals surface area contributed by atoms with Crippen LogP contribution in [-0.2, 0) is 7.05 Å². The van der Waals surface area contributed by atoms with Gasteiger partial charge in [-0.1, -0.05) is 0 Å². The number of aromatic nitrogens is 3. The number of nitrogens with two attached hydrogens (primary N) is 1. The van der Waals surface area contributed by atoms with Gasteiger partial charge in [-0.2, -0.15) is 0 Å². The Hall–Kier alpha value is -2.09. The van der Waals surface area contributed by atoms with Crippen molar-refractivity contribution < 1.29 is 14.3 Å². The Morgan fingerprint density at radius 3 is 2.83 bits per heavy atom. The summed E-state index contributed by atoms with van der Waals surface area (Å²) in [5.74, 6) is -1.79. The molecule has 0 bridgehead atoms. The Labute approximate surface area is 106 Å². The molecule has 18 heavy (non-hydrogen) atoms. The number of anilines is 1. The number of carboxylic acid groups (broad SMARTS) is 1. The summed E-state index contributed by atoms with van der Waals surface area (Å²) in [6, 6.07) is 2.18. The van der Waals surface area contributed by atoms with Gasteiger partial charge in [0.25, 0.3) is 0 Å². The van der Waals surface area contributed by atoms with Gasteiger partial charge in [-0.15, -0.1) is 10.2 Å². The van der Waals surface area contributed by atoms with Crippen LogP contribution in [0.25, 0.3) is 0 Å². The van der Waals surface area contributed by atoms with Crippen LogP contribution >= 0.6 is 11.8 Å². The number of benzene rings is 1. The average molecular weight is 268 g/mol. The number of carboxylic acids is 1. The van der Waals surface area contributed by atoms with Gasteiger partial charge in [0, 0.05) is 12.7 Å². The third-order valence-electron chi connectivity index (χ3n) is 2.21. The summed E-state index contributed by atoms with van der Waals surface area (Å²) in [7, 11) is 1.70. The van der Waals surface area contributed by atoms with Crippen molar-refractivity contribution in [3.05, 3.63) is 29.8 Å². The molecule has 8 heteroatoms. The highest BCUT2D eigenvalue weighted by Gasteiger charge is 2.15. The molecule has 0 aliphatic carbocycles. The monoisotopic (exact) mass is 268 g/mol. The fourth-order valence-electron chi connectivity index (χ4n) is 1.30. The molecule has 3 N–H and O–H groups in total. The molecule has 2 rings (SSSR count).